The monoisotopic (exact) mass is 386 g/mol. The van der Waals surface area contributed by atoms with E-state index >= 15 is 0 Å². The van der Waals surface area contributed by atoms with Crippen molar-refractivity contribution in [2.24, 2.45) is 5.92 Å². The number of methoxy groups -OCH3 is 1. The Morgan fingerprint density at radius 2 is 1.85 bits per heavy atom. The summed E-state index contributed by atoms with van der Waals surface area (Å²) >= 11 is 6.16. The largest absolute Gasteiger partial charge is 0.495 e. The lowest BCUT2D eigenvalue weighted by atomic mass is 10.1. The molecule has 1 heterocycles. The van der Waals surface area contributed by atoms with Gasteiger partial charge in [0.1, 0.15) is 5.75 Å². The van der Waals surface area contributed by atoms with Gasteiger partial charge in [0.25, 0.3) is 0 Å². The third kappa shape index (κ3) is 3.78. The van der Waals surface area contributed by atoms with Gasteiger partial charge in [0.2, 0.25) is 11.8 Å². The van der Waals surface area contributed by atoms with Crippen molar-refractivity contribution < 1.29 is 14.3 Å². The number of amides is 2. The highest BCUT2D eigenvalue weighted by atomic mass is 35.5. The minimum atomic E-state index is -0.419. The molecule has 27 heavy (non-hydrogen) atoms. The molecule has 3 rings (SSSR count). The number of nitrogens with one attached hydrogen (secondary N) is 1. The first-order valence-corrected chi connectivity index (χ1v) is 9.21. The van der Waals surface area contributed by atoms with Gasteiger partial charge in [-0.1, -0.05) is 29.8 Å². The normalized spacial score (nSPS) is 16.6. The van der Waals surface area contributed by atoms with Crippen molar-refractivity contribution in [3.63, 3.8) is 0 Å². The van der Waals surface area contributed by atoms with Crippen molar-refractivity contribution in [2.75, 3.05) is 23.9 Å². The van der Waals surface area contributed by atoms with Gasteiger partial charge in [-0.15, -0.1) is 0 Å². The van der Waals surface area contributed by atoms with Gasteiger partial charge in [-0.25, -0.2) is 0 Å². The molecule has 1 saturated heterocycles. The average molecular weight is 387 g/mol. The van der Waals surface area contributed by atoms with Gasteiger partial charge in [0, 0.05) is 29.7 Å². The molecule has 142 valence electrons. The lowest BCUT2D eigenvalue weighted by molar-refractivity contribution is -0.122. The molecule has 6 heteroatoms. The average Bonchev–Trinajstić information content (AvgIpc) is 3.02. The van der Waals surface area contributed by atoms with Crippen LogP contribution in [0, 0.1) is 26.7 Å². The molecule has 2 amide bonds. The highest BCUT2D eigenvalue weighted by Gasteiger charge is 2.36. The fraction of sp³-hybridized carbons (Fsp3) is 0.333. The molecule has 0 spiro atoms. The smallest absolute Gasteiger partial charge is 0.229 e. The number of carbonyl (C=O) groups is 2. The lowest BCUT2D eigenvalue weighted by Gasteiger charge is -2.21. The maximum atomic E-state index is 12.8. The standard InChI is InChI=1S/C21H23ClN2O3/c1-12-6-5-7-13(2)20(12)23-21(26)15-9-19(25)24(11-15)17-8-14(3)16(22)10-18(17)27-4/h5-8,10,15H,9,11H2,1-4H3,(H,23,26). The van der Waals surface area contributed by atoms with Crippen LogP contribution in [-0.4, -0.2) is 25.5 Å². The van der Waals surface area contributed by atoms with Gasteiger partial charge in [0.15, 0.2) is 0 Å². The van der Waals surface area contributed by atoms with Crippen molar-refractivity contribution in [2.45, 2.75) is 27.2 Å². The minimum absolute atomic E-state index is 0.100. The number of carbonyl (C=O) groups excluding carboxylic acids is 2. The molecular formula is C21H23ClN2O3. The van der Waals surface area contributed by atoms with E-state index in [-0.39, 0.29) is 18.2 Å². The Kier molecular flexibility index (Phi) is 5.42. The van der Waals surface area contributed by atoms with Gasteiger partial charge in [-0.2, -0.15) is 0 Å². The molecule has 1 aliphatic heterocycles. The van der Waals surface area contributed by atoms with E-state index in [0.717, 1.165) is 22.4 Å². The number of nitrogens with zero attached hydrogens (tertiary/aromatic N) is 1. The van der Waals surface area contributed by atoms with Crippen molar-refractivity contribution in [3.8, 4) is 5.75 Å². The lowest BCUT2D eigenvalue weighted by Crippen LogP contribution is -2.28. The topological polar surface area (TPSA) is 58.6 Å². The third-order valence-electron chi connectivity index (χ3n) is 4.98. The molecule has 0 aliphatic carbocycles. The zero-order valence-corrected chi connectivity index (χ0v) is 16.7. The van der Waals surface area contributed by atoms with E-state index in [1.54, 1.807) is 11.0 Å². The molecule has 2 aromatic rings. The Morgan fingerprint density at radius 3 is 2.48 bits per heavy atom. The predicted octanol–water partition coefficient (Wildman–Crippen LogP) is 4.27. The van der Waals surface area contributed by atoms with Crippen molar-refractivity contribution >= 4 is 34.8 Å². The van der Waals surface area contributed by atoms with E-state index in [0.29, 0.717) is 23.0 Å². The third-order valence-corrected chi connectivity index (χ3v) is 5.38. The van der Waals surface area contributed by atoms with Gasteiger partial charge in [0.05, 0.1) is 18.7 Å². The maximum Gasteiger partial charge on any atom is 0.229 e. The van der Waals surface area contributed by atoms with Crippen LogP contribution in [0.1, 0.15) is 23.1 Å². The Labute approximate surface area is 164 Å². The molecule has 0 bridgehead atoms. The molecule has 2 aromatic carbocycles. The van der Waals surface area contributed by atoms with E-state index in [1.165, 1.54) is 7.11 Å². The van der Waals surface area contributed by atoms with Crippen LogP contribution in [0.15, 0.2) is 30.3 Å². The highest BCUT2D eigenvalue weighted by Crippen LogP contribution is 2.37. The van der Waals surface area contributed by atoms with Crippen LogP contribution in [0.5, 0.6) is 5.75 Å². The molecule has 0 saturated carbocycles. The number of hydrogen-bond acceptors (Lipinski definition) is 3. The number of para-hydroxylation sites is 1. The number of anilines is 2. The van der Waals surface area contributed by atoms with E-state index in [9.17, 15) is 9.59 Å². The summed E-state index contributed by atoms with van der Waals surface area (Å²) < 4.78 is 5.39. The summed E-state index contributed by atoms with van der Waals surface area (Å²) in [7, 11) is 1.54. The first-order chi connectivity index (χ1) is 12.8. The van der Waals surface area contributed by atoms with Gasteiger partial charge in [-0.3, -0.25) is 9.59 Å². The number of ether oxygens (including phenoxy) is 1. The molecular weight excluding hydrogens is 364 g/mol. The highest BCUT2D eigenvalue weighted by molar-refractivity contribution is 6.31. The second-order valence-electron chi connectivity index (χ2n) is 6.93. The quantitative estimate of drug-likeness (QED) is 0.853. The summed E-state index contributed by atoms with van der Waals surface area (Å²) in [6, 6.07) is 9.39. The Morgan fingerprint density at radius 1 is 1.19 bits per heavy atom. The Balaban J connectivity index is 1.82. The van der Waals surface area contributed by atoms with E-state index in [2.05, 4.69) is 5.32 Å². The summed E-state index contributed by atoms with van der Waals surface area (Å²) in [6.45, 7) is 6.09. The summed E-state index contributed by atoms with van der Waals surface area (Å²) in [5, 5.41) is 3.57. The second-order valence-corrected chi connectivity index (χ2v) is 7.34. The number of hydrogen-bond donors (Lipinski definition) is 1. The van der Waals surface area contributed by atoms with E-state index in [1.807, 2.05) is 45.0 Å². The van der Waals surface area contributed by atoms with E-state index < -0.39 is 5.92 Å². The summed E-state index contributed by atoms with van der Waals surface area (Å²) in [5.41, 5.74) is 4.31. The zero-order chi connectivity index (χ0) is 19.7. The summed E-state index contributed by atoms with van der Waals surface area (Å²) in [6.07, 6.45) is 0.168. The molecule has 1 atom stereocenters. The summed E-state index contributed by atoms with van der Waals surface area (Å²) in [5.74, 6) is -0.142. The van der Waals surface area contributed by atoms with Gasteiger partial charge in [-0.05, 0) is 43.5 Å². The molecule has 0 aromatic heterocycles. The fourth-order valence-electron chi connectivity index (χ4n) is 3.38. The van der Waals surface area contributed by atoms with Crippen LogP contribution in [-0.2, 0) is 9.59 Å². The van der Waals surface area contributed by atoms with Gasteiger partial charge < -0.3 is 15.0 Å². The first kappa shape index (κ1) is 19.2. The number of halogens is 1. The van der Waals surface area contributed by atoms with E-state index in [4.69, 9.17) is 16.3 Å². The molecule has 0 radical (unpaired) electrons. The zero-order valence-electron chi connectivity index (χ0n) is 15.9. The fourth-order valence-corrected chi connectivity index (χ4v) is 3.53. The van der Waals surface area contributed by atoms with Crippen LogP contribution in [0.25, 0.3) is 0 Å². The number of benzene rings is 2. The summed E-state index contributed by atoms with van der Waals surface area (Å²) in [4.78, 5) is 27.0. The molecule has 1 aliphatic rings. The van der Waals surface area contributed by atoms with Crippen LogP contribution < -0.4 is 15.0 Å². The van der Waals surface area contributed by atoms with Crippen LogP contribution in [0.2, 0.25) is 5.02 Å². The molecule has 1 N–H and O–H groups in total. The Bertz CT molecular complexity index is 890. The number of rotatable bonds is 4. The Hall–Kier alpha value is -2.53. The maximum absolute atomic E-state index is 12.8. The number of aryl methyl sites for hydroxylation is 3. The van der Waals surface area contributed by atoms with Crippen molar-refractivity contribution in [3.05, 3.63) is 52.0 Å². The van der Waals surface area contributed by atoms with Gasteiger partial charge >= 0.3 is 0 Å². The van der Waals surface area contributed by atoms with Crippen LogP contribution >= 0.6 is 11.6 Å². The van der Waals surface area contributed by atoms with Crippen LogP contribution in [0.4, 0.5) is 11.4 Å². The van der Waals surface area contributed by atoms with Crippen molar-refractivity contribution in [1.82, 2.24) is 0 Å². The molecule has 1 unspecified atom stereocenters. The first-order valence-electron chi connectivity index (χ1n) is 8.83. The second kappa shape index (κ2) is 7.61. The SMILES string of the molecule is COc1cc(Cl)c(C)cc1N1CC(C(=O)Nc2c(C)cccc2C)CC1=O. The molecule has 5 nitrogen and oxygen atoms in total. The molecule has 1 fully saturated rings. The predicted molar refractivity (Wildman–Crippen MR) is 108 cm³/mol. The van der Waals surface area contributed by atoms with Crippen molar-refractivity contribution in [1.29, 1.82) is 0 Å². The minimum Gasteiger partial charge on any atom is -0.495 e. The van der Waals surface area contributed by atoms with Crippen LogP contribution in [0.3, 0.4) is 0 Å².